The van der Waals surface area contributed by atoms with Gasteiger partial charge in [-0.05, 0) is 49.1 Å². The van der Waals surface area contributed by atoms with Crippen LogP contribution >= 0.6 is 23.5 Å². The topological polar surface area (TPSA) is 113 Å². The van der Waals surface area contributed by atoms with E-state index in [1.807, 2.05) is 11.8 Å². The highest BCUT2D eigenvalue weighted by Gasteiger charge is 2.42. The van der Waals surface area contributed by atoms with Gasteiger partial charge in [0.1, 0.15) is 12.8 Å². The number of unbranched alkanes of at least 4 members (excludes halogenated alkanes) is 1. The lowest BCUT2D eigenvalue weighted by molar-refractivity contribution is -0.644. The summed E-state index contributed by atoms with van der Waals surface area (Å²) < 4.78 is 13.4. The molecule has 0 spiro atoms. The van der Waals surface area contributed by atoms with Crippen LogP contribution in [0.2, 0.25) is 0 Å². The summed E-state index contributed by atoms with van der Waals surface area (Å²) in [6.07, 6.45) is 9.31. The number of ketones is 1. The number of aryl methyl sites for hydroxylation is 1. The summed E-state index contributed by atoms with van der Waals surface area (Å²) in [6.45, 7) is 2.98. The molecule has 3 N–H and O–H groups in total. The molecule has 1 aromatic heterocycles. The number of pyridine rings is 1. The number of para-hydroxylation sites is 2. The first-order valence-corrected chi connectivity index (χ1v) is 19.6. The highest BCUT2D eigenvalue weighted by Crippen LogP contribution is 2.46. The third-order valence-electron chi connectivity index (χ3n) is 9.37. The van der Waals surface area contributed by atoms with Crippen LogP contribution in [0.4, 0.5) is 10.5 Å². The first-order chi connectivity index (χ1) is 24.5. The number of carbonyl (C=O) groups excluding carboxylic acids is 3. The van der Waals surface area contributed by atoms with Crippen LogP contribution in [0.25, 0.3) is 17.0 Å². The number of hydrogen-bond acceptors (Lipinski definition) is 8. The van der Waals surface area contributed by atoms with Crippen LogP contribution in [0, 0.1) is 0 Å². The van der Waals surface area contributed by atoms with Gasteiger partial charge in [0.15, 0.2) is 6.20 Å². The molecule has 6 rings (SSSR count). The standard InChI is InChI=1S/C38H47N5O5S2/c1-42-19-16-27(29-10-2-3-11-31(29)42)25-36-43(32-12-4-5-13-33(32)50-36)20-17-28(44)9-8-21-47-23-24-48-22-18-39-35(45)15-7-6-14-34-37-30(26-49-34)40-38(46)41-37/h2-5,10-13,16,19,25,30,34,37H,6-9,14-15,17-18,20-24,26H2,1H3,(H2-,39,40,41,45,46)/p+1. The van der Waals surface area contributed by atoms with Crippen LogP contribution in [0.15, 0.2) is 70.7 Å². The van der Waals surface area contributed by atoms with Gasteiger partial charge >= 0.3 is 6.03 Å². The van der Waals surface area contributed by atoms with Crippen molar-refractivity contribution >= 4 is 63.9 Å². The van der Waals surface area contributed by atoms with Crippen LogP contribution < -0.4 is 25.4 Å². The Morgan fingerprint density at radius 2 is 1.78 bits per heavy atom. The van der Waals surface area contributed by atoms with Crippen molar-refractivity contribution in [1.82, 2.24) is 16.0 Å². The molecule has 3 amide bonds. The molecular formula is C38H48N5O5S2+. The number of thioether (sulfide) groups is 2. The zero-order valence-corrected chi connectivity index (χ0v) is 30.4. The van der Waals surface area contributed by atoms with Crippen molar-refractivity contribution in [3.63, 3.8) is 0 Å². The number of ether oxygens (including phenoxy) is 2. The summed E-state index contributed by atoms with van der Waals surface area (Å²) in [5.74, 6) is 1.24. The molecule has 3 atom stereocenters. The molecule has 2 aromatic carbocycles. The summed E-state index contributed by atoms with van der Waals surface area (Å²) in [4.78, 5) is 40.0. The lowest BCUT2D eigenvalue weighted by Gasteiger charge is -2.20. The minimum absolute atomic E-state index is 0.0429. The Bertz CT molecular complexity index is 1690. The van der Waals surface area contributed by atoms with E-state index in [0.717, 1.165) is 41.3 Å². The SMILES string of the molecule is C[n+]1ccc(C=C2Sc3ccccc3N2CCC(=O)CCCOCCOCCNC(=O)CCCCC2SCC3NC(=O)NC32)c2ccccc21. The average molecular weight is 719 g/mol. The van der Waals surface area contributed by atoms with Gasteiger partial charge in [-0.1, -0.05) is 42.4 Å². The fraction of sp³-hybridized carbons (Fsp3) is 0.474. The monoisotopic (exact) mass is 718 g/mol. The first-order valence-electron chi connectivity index (χ1n) is 17.7. The molecule has 3 unspecified atom stereocenters. The van der Waals surface area contributed by atoms with Gasteiger partial charge in [-0.2, -0.15) is 11.8 Å². The predicted octanol–water partition coefficient (Wildman–Crippen LogP) is 5.19. The number of rotatable bonds is 19. The number of aromatic nitrogens is 1. The number of benzene rings is 2. The number of fused-ring (bicyclic) bond motifs is 3. The maximum absolute atomic E-state index is 12.9. The molecule has 10 nitrogen and oxygen atoms in total. The van der Waals surface area contributed by atoms with E-state index in [2.05, 4.69) is 99.3 Å². The predicted molar refractivity (Wildman–Crippen MR) is 200 cm³/mol. The van der Waals surface area contributed by atoms with Gasteiger partial charge in [0.05, 0.1) is 48.0 Å². The van der Waals surface area contributed by atoms with E-state index in [4.69, 9.17) is 9.47 Å². The van der Waals surface area contributed by atoms with Crippen LogP contribution in [0.3, 0.4) is 0 Å². The zero-order chi connectivity index (χ0) is 34.7. The Balaban J connectivity index is 0.812. The molecule has 3 aliphatic heterocycles. The van der Waals surface area contributed by atoms with E-state index >= 15 is 0 Å². The van der Waals surface area contributed by atoms with Gasteiger partial charge in [-0.15, -0.1) is 0 Å². The van der Waals surface area contributed by atoms with Crippen molar-refractivity contribution in [2.45, 2.75) is 67.2 Å². The smallest absolute Gasteiger partial charge is 0.315 e. The number of hydrogen-bond donors (Lipinski definition) is 3. The third kappa shape index (κ3) is 9.60. The lowest BCUT2D eigenvalue weighted by Crippen LogP contribution is -2.36. The van der Waals surface area contributed by atoms with Gasteiger partial charge in [0, 0.05) is 67.0 Å². The molecule has 0 aliphatic carbocycles. The number of amides is 3. The third-order valence-corrected chi connectivity index (χ3v) is 12.0. The minimum Gasteiger partial charge on any atom is -0.379 e. The Hall–Kier alpha value is -3.58. The number of carbonyl (C=O) groups is 3. The van der Waals surface area contributed by atoms with E-state index < -0.39 is 0 Å². The molecular weight excluding hydrogens is 671 g/mol. The number of nitrogens with one attached hydrogen (secondary N) is 3. The van der Waals surface area contributed by atoms with Crippen LogP contribution in [-0.4, -0.2) is 80.3 Å². The van der Waals surface area contributed by atoms with Crippen molar-refractivity contribution in [2.24, 2.45) is 7.05 Å². The molecule has 2 saturated heterocycles. The van der Waals surface area contributed by atoms with Crippen molar-refractivity contribution in [1.29, 1.82) is 0 Å². The molecule has 0 saturated carbocycles. The fourth-order valence-corrected chi connectivity index (χ4v) is 9.40. The van der Waals surface area contributed by atoms with Gasteiger partial charge in [-0.25, -0.2) is 9.36 Å². The van der Waals surface area contributed by atoms with Gasteiger partial charge in [0.25, 0.3) is 0 Å². The fourth-order valence-electron chi connectivity index (χ4n) is 6.72. The molecule has 3 aliphatic rings. The summed E-state index contributed by atoms with van der Waals surface area (Å²) in [7, 11) is 2.06. The summed E-state index contributed by atoms with van der Waals surface area (Å²) in [6, 6.07) is 19.4. The largest absolute Gasteiger partial charge is 0.379 e. The molecule has 2 fully saturated rings. The molecule has 50 heavy (non-hydrogen) atoms. The highest BCUT2D eigenvalue weighted by molar-refractivity contribution is 8.04. The molecule has 0 bridgehead atoms. The average Bonchev–Trinajstić information content (AvgIpc) is 3.79. The molecule has 4 heterocycles. The van der Waals surface area contributed by atoms with Crippen LogP contribution in [-0.2, 0) is 26.1 Å². The van der Waals surface area contributed by atoms with E-state index in [1.54, 1.807) is 11.8 Å². The van der Waals surface area contributed by atoms with Gasteiger partial charge in [-0.3, -0.25) is 9.59 Å². The first kappa shape index (κ1) is 36.2. The molecule has 266 valence electrons. The Morgan fingerprint density at radius 1 is 0.960 bits per heavy atom. The highest BCUT2D eigenvalue weighted by atomic mass is 32.2. The van der Waals surface area contributed by atoms with Crippen molar-refractivity contribution in [3.8, 4) is 0 Å². The van der Waals surface area contributed by atoms with Crippen molar-refractivity contribution < 1.29 is 28.4 Å². The summed E-state index contributed by atoms with van der Waals surface area (Å²) in [5, 5.41) is 11.7. The minimum atomic E-state index is -0.0594. The number of urea groups is 1. The second-order valence-corrected chi connectivity index (χ2v) is 15.3. The van der Waals surface area contributed by atoms with Crippen LogP contribution in [0.5, 0.6) is 0 Å². The van der Waals surface area contributed by atoms with Crippen molar-refractivity contribution in [2.75, 3.05) is 50.2 Å². The second-order valence-electron chi connectivity index (χ2n) is 12.9. The lowest BCUT2D eigenvalue weighted by atomic mass is 10.0. The van der Waals surface area contributed by atoms with E-state index in [0.29, 0.717) is 70.5 Å². The summed E-state index contributed by atoms with van der Waals surface area (Å²) in [5.41, 5.74) is 3.49. The molecule has 3 aromatic rings. The molecule has 0 radical (unpaired) electrons. The normalized spacial score (nSPS) is 20.2. The van der Waals surface area contributed by atoms with Gasteiger partial charge in [0.2, 0.25) is 11.4 Å². The Labute approximate surface area is 303 Å². The molecule has 12 heteroatoms. The quantitative estimate of drug-likeness (QED) is 0.0883. The Morgan fingerprint density at radius 3 is 2.68 bits per heavy atom. The number of anilines is 1. The second kappa shape index (κ2) is 18.1. The van der Waals surface area contributed by atoms with E-state index in [-0.39, 0.29) is 29.8 Å². The Kier molecular flexibility index (Phi) is 13.1. The maximum atomic E-state index is 12.9. The van der Waals surface area contributed by atoms with Crippen LogP contribution in [0.1, 0.15) is 50.5 Å². The number of Topliss-reactive ketones (excluding diaryl/α,β-unsaturated/α-hetero) is 1. The van der Waals surface area contributed by atoms with Gasteiger partial charge < -0.3 is 30.3 Å². The zero-order valence-electron chi connectivity index (χ0n) is 28.7. The van der Waals surface area contributed by atoms with E-state index in [9.17, 15) is 14.4 Å². The van der Waals surface area contributed by atoms with E-state index in [1.165, 1.54) is 15.8 Å². The van der Waals surface area contributed by atoms with Crippen molar-refractivity contribution in [3.05, 3.63) is 71.4 Å². The summed E-state index contributed by atoms with van der Waals surface area (Å²) >= 11 is 3.66. The maximum Gasteiger partial charge on any atom is 0.315 e. The number of nitrogens with zero attached hydrogens (tertiary/aromatic N) is 2.